The van der Waals surface area contributed by atoms with E-state index in [0.717, 1.165) is 48.0 Å². The third kappa shape index (κ3) is 5.18. The van der Waals surface area contributed by atoms with Crippen molar-refractivity contribution in [1.82, 2.24) is 14.9 Å². The van der Waals surface area contributed by atoms with E-state index in [0.29, 0.717) is 16.5 Å². The number of likely N-dealkylation sites (tertiary alicyclic amines) is 1. The number of hydrogen-bond donors (Lipinski definition) is 1. The predicted octanol–water partition coefficient (Wildman–Crippen LogP) is 4.66. The molecule has 0 radical (unpaired) electrons. The van der Waals surface area contributed by atoms with Gasteiger partial charge in [-0.15, -0.1) is 0 Å². The minimum Gasteiger partial charge on any atom is -0.372 e. The lowest BCUT2D eigenvalue weighted by Gasteiger charge is -2.23. The number of likely N-dealkylation sites (N-methyl/N-ethyl adjacent to an activating group) is 1. The van der Waals surface area contributed by atoms with Gasteiger partial charge in [0.1, 0.15) is 12.5 Å². The van der Waals surface area contributed by atoms with Crippen LogP contribution in [0.25, 0.3) is 11.3 Å². The molecular weight excluding hydrogens is 414 g/mol. The van der Waals surface area contributed by atoms with E-state index in [4.69, 9.17) is 37.9 Å². The van der Waals surface area contributed by atoms with Crippen molar-refractivity contribution in [2.24, 2.45) is 0 Å². The lowest BCUT2D eigenvalue weighted by atomic mass is 10.1. The highest BCUT2D eigenvalue weighted by Crippen LogP contribution is 2.33. The average Bonchev–Trinajstić information content (AvgIpc) is 3.05. The zero-order valence-electron chi connectivity index (χ0n) is 17.0. The van der Waals surface area contributed by atoms with E-state index in [1.807, 2.05) is 33.0 Å². The first-order valence-electron chi connectivity index (χ1n) is 9.94. The summed E-state index contributed by atoms with van der Waals surface area (Å²) in [7, 11) is 2.03. The van der Waals surface area contributed by atoms with Gasteiger partial charge >= 0.3 is 0 Å². The van der Waals surface area contributed by atoms with Crippen LogP contribution >= 0.6 is 23.2 Å². The van der Waals surface area contributed by atoms with Crippen molar-refractivity contribution in [3.8, 4) is 11.3 Å². The van der Waals surface area contributed by atoms with Crippen LogP contribution in [0.1, 0.15) is 25.2 Å². The van der Waals surface area contributed by atoms with Crippen LogP contribution in [0, 0.1) is 0 Å². The maximum atomic E-state index is 12.6. The number of hydrogen-bond acceptors (Lipinski definition) is 5. The molecule has 8 heteroatoms. The van der Waals surface area contributed by atoms with E-state index >= 15 is 0 Å². The standard InChI is InChI=1S/C21H27Cl2FN4O/c1-4-16-20(14-7-6-13(22)10-15(14)23)25-17(5-2)21(26-16)27-18-11-28(3)12-19(18)29-9-8-24/h6-7,10,18-19H,4-5,8-9,11-12H2,1-3H3,(H,26,27)/t18-,19-/m1/s1. The van der Waals surface area contributed by atoms with Crippen molar-refractivity contribution >= 4 is 29.0 Å². The molecule has 0 saturated carbocycles. The topological polar surface area (TPSA) is 50.3 Å². The highest BCUT2D eigenvalue weighted by molar-refractivity contribution is 6.36. The van der Waals surface area contributed by atoms with Gasteiger partial charge in [0, 0.05) is 23.7 Å². The molecule has 0 spiro atoms. The van der Waals surface area contributed by atoms with E-state index in [-0.39, 0.29) is 18.8 Å². The van der Waals surface area contributed by atoms with Gasteiger partial charge in [0.15, 0.2) is 0 Å². The quantitative estimate of drug-likeness (QED) is 0.646. The molecule has 1 aromatic heterocycles. The normalized spacial score (nSPS) is 19.7. The molecule has 1 aliphatic heterocycles. The van der Waals surface area contributed by atoms with Crippen LogP contribution < -0.4 is 5.32 Å². The molecule has 2 aromatic rings. The van der Waals surface area contributed by atoms with Crippen LogP contribution in [0.4, 0.5) is 10.2 Å². The molecule has 0 aliphatic carbocycles. The van der Waals surface area contributed by atoms with Crippen LogP contribution in [0.5, 0.6) is 0 Å². The Morgan fingerprint density at radius 3 is 2.59 bits per heavy atom. The largest absolute Gasteiger partial charge is 0.372 e. The Morgan fingerprint density at radius 1 is 1.17 bits per heavy atom. The van der Waals surface area contributed by atoms with E-state index in [9.17, 15) is 4.39 Å². The summed E-state index contributed by atoms with van der Waals surface area (Å²) in [5.74, 6) is 0.757. The Balaban J connectivity index is 1.94. The van der Waals surface area contributed by atoms with Gasteiger partial charge in [0.25, 0.3) is 0 Å². The number of aromatic nitrogens is 2. The smallest absolute Gasteiger partial charge is 0.148 e. The van der Waals surface area contributed by atoms with Crippen molar-refractivity contribution in [3.63, 3.8) is 0 Å². The Labute approximate surface area is 181 Å². The Bertz CT molecular complexity index is 852. The Kier molecular flexibility index (Phi) is 7.68. The Hall–Kier alpha value is -1.47. The van der Waals surface area contributed by atoms with Gasteiger partial charge in [-0.05, 0) is 38.1 Å². The summed E-state index contributed by atoms with van der Waals surface area (Å²) in [4.78, 5) is 12.0. The lowest BCUT2D eigenvalue weighted by molar-refractivity contribution is 0.0466. The van der Waals surface area contributed by atoms with Gasteiger partial charge in [-0.2, -0.15) is 0 Å². The first-order valence-corrected chi connectivity index (χ1v) is 10.7. The molecule has 5 nitrogen and oxygen atoms in total. The number of rotatable bonds is 8. The SMILES string of the molecule is CCc1nc(-c2ccc(Cl)cc2Cl)c(CC)nc1N[C@@H]1CN(C)C[C@H]1OCCF. The van der Waals surface area contributed by atoms with E-state index in [1.165, 1.54) is 0 Å². The number of halogens is 3. The van der Waals surface area contributed by atoms with Crippen molar-refractivity contribution in [2.45, 2.75) is 38.8 Å². The molecule has 1 fully saturated rings. The van der Waals surface area contributed by atoms with Crippen LogP contribution in [0.3, 0.4) is 0 Å². The molecule has 158 valence electrons. The molecule has 1 N–H and O–H groups in total. The molecule has 2 atom stereocenters. The number of ether oxygens (including phenoxy) is 1. The molecule has 3 rings (SSSR count). The van der Waals surface area contributed by atoms with E-state index in [1.54, 1.807) is 6.07 Å². The number of anilines is 1. The highest BCUT2D eigenvalue weighted by Gasteiger charge is 2.32. The van der Waals surface area contributed by atoms with Crippen molar-refractivity contribution < 1.29 is 9.13 Å². The Morgan fingerprint density at radius 2 is 1.93 bits per heavy atom. The first kappa shape index (κ1) is 22.2. The van der Waals surface area contributed by atoms with Gasteiger partial charge in [-0.1, -0.05) is 37.0 Å². The number of benzene rings is 1. The third-order valence-corrected chi connectivity index (χ3v) is 5.62. The number of nitrogens with zero attached hydrogens (tertiary/aromatic N) is 3. The van der Waals surface area contributed by atoms with Gasteiger partial charge in [0.2, 0.25) is 0 Å². The fourth-order valence-corrected chi connectivity index (χ4v) is 4.15. The van der Waals surface area contributed by atoms with Gasteiger partial charge in [0.05, 0.1) is 40.9 Å². The van der Waals surface area contributed by atoms with Crippen LogP contribution in [-0.2, 0) is 17.6 Å². The summed E-state index contributed by atoms with van der Waals surface area (Å²) in [5, 5.41) is 4.65. The second-order valence-corrected chi connectivity index (χ2v) is 8.06. The van der Waals surface area contributed by atoms with Gasteiger partial charge in [-0.3, -0.25) is 0 Å². The number of aryl methyl sites for hydroxylation is 2. The third-order valence-electron chi connectivity index (χ3n) is 5.08. The van der Waals surface area contributed by atoms with Gasteiger partial charge in [-0.25, -0.2) is 14.4 Å². The summed E-state index contributed by atoms with van der Waals surface area (Å²) in [6, 6.07) is 5.44. The molecule has 0 unspecified atom stereocenters. The average molecular weight is 441 g/mol. The summed E-state index contributed by atoms with van der Waals surface area (Å²) in [6.45, 7) is 5.27. The van der Waals surface area contributed by atoms with Crippen LogP contribution in [-0.4, -0.2) is 60.4 Å². The molecule has 0 bridgehead atoms. The van der Waals surface area contributed by atoms with Crippen molar-refractivity contribution in [2.75, 3.05) is 38.7 Å². The zero-order valence-corrected chi connectivity index (χ0v) is 18.5. The molecule has 1 aromatic carbocycles. The molecule has 0 amide bonds. The highest BCUT2D eigenvalue weighted by atomic mass is 35.5. The summed E-state index contributed by atoms with van der Waals surface area (Å²) in [6.07, 6.45) is 1.35. The van der Waals surface area contributed by atoms with Gasteiger partial charge < -0.3 is 15.0 Å². The van der Waals surface area contributed by atoms with Crippen LogP contribution in [0.2, 0.25) is 10.0 Å². The molecule has 1 saturated heterocycles. The lowest BCUT2D eigenvalue weighted by Crippen LogP contribution is -2.35. The maximum Gasteiger partial charge on any atom is 0.148 e. The zero-order chi connectivity index (χ0) is 21.0. The minimum absolute atomic E-state index is 0.0285. The van der Waals surface area contributed by atoms with E-state index in [2.05, 4.69) is 10.2 Å². The molecule has 29 heavy (non-hydrogen) atoms. The first-order chi connectivity index (χ1) is 14.0. The number of nitrogens with one attached hydrogen (secondary N) is 1. The molecule has 1 aliphatic rings. The van der Waals surface area contributed by atoms with Crippen molar-refractivity contribution in [3.05, 3.63) is 39.6 Å². The minimum atomic E-state index is -0.483. The second-order valence-electron chi connectivity index (χ2n) is 7.22. The summed E-state index contributed by atoms with van der Waals surface area (Å²) in [5.41, 5.74) is 3.33. The summed E-state index contributed by atoms with van der Waals surface area (Å²) < 4.78 is 18.3. The van der Waals surface area contributed by atoms with E-state index < -0.39 is 6.67 Å². The van der Waals surface area contributed by atoms with Crippen molar-refractivity contribution in [1.29, 1.82) is 0 Å². The molecular formula is C21H27Cl2FN4O. The fraction of sp³-hybridized carbons (Fsp3) is 0.524. The predicted molar refractivity (Wildman–Crippen MR) is 117 cm³/mol. The second kappa shape index (κ2) is 10.0. The summed E-state index contributed by atoms with van der Waals surface area (Å²) >= 11 is 12.5. The maximum absolute atomic E-state index is 12.6. The fourth-order valence-electron chi connectivity index (χ4n) is 3.65. The van der Waals surface area contributed by atoms with Crippen LogP contribution in [0.15, 0.2) is 18.2 Å². The number of alkyl halides is 1. The molecule has 2 heterocycles. The monoisotopic (exact) mass is 440 g/mol.